The highest BCUT2D eigenvalue weighted by atomic mass is 16.5. The summed E-state index contributed by atoms with van der Waals surface area (Å²) in [5, 5.41) is 3.50. The summed E-state index contributed by atoms with van der Waals surface area (Å²) in [6.07, 6.45) is 4.41. The zero-order valence-corrected chi connectivity index (χ0v) is 10.8. The van der Waals surface area contributed by atoms with Gasteiger partial charge in [0, 0.05) is 6.04 Å². The molecule has 1 aliphatic rings. The monoisotopic (exact) mass is 227 g/mol. The van der Waals surface area contributed by atoms with Gasteiger partial charge in [0.1, 0.15) is 0 Å². The molecule has 2 atom stereocenters. The van der Waals surface area contributed by atoms with E-state index in [-0.39, 0.29) is 11.9 Å². The fourth-order valence-electron chi connectivity index (χ4n) is 2.29. The summed E-state index contributed by atoms with van der Waals surface area (Å²) in [6, 6.07) is 0.345. The quantitative estimate of drug-likeness (QED) is 0.708. The Hall–Kier alpha value is -0.570. The topological polar surface area (TPSA) is 38.3 Å². The molecular weight excluding hydrogens is 202 g/mol. The SMILES string of the molecule is CCOC(=O)C1CCCC1NCCC(C)C. The lowest BCUT2D eigenvalue weighted by atomic mass is 10.0. The highest BCUT2D eigenvalue weighted by molar-refractivity contribution is 5.73. The van der Waals surface area contributed by atoms with E-state index in [9.17, 15) is 4.79 Å². The predicted octanol–water partition coefficient (Wildman–Crippen LogP) is 2.35. The molecule has 0 aromatic rings. The van der Waals surface area contributed by atoms with E-state index in [4.69, 9.17) is 4.74 Å². The van der Waals surface area contributed by atoms with Gasteiger partial charge < -0.3 is 10.1 Å². The lowest BCUT2D eigenvalue weighted by Crippen LogP contribution is -2.38. The van der Waals surface area contributed by atoms with Crippen molar-refractivity contribution >= 4 is 5.97 Å². The maximum Gasteiger partial charge on any atom is 0.310 e. The fraction of sp³-hybridized carbons (Fsp3) is 0.923. The minimum Gasteiger partial charge on any atom is -0.466 e. The van der Waals surface area contributed by atoms with Crippen LogP contribution in [0.2, 0.25) is 0 Å². The molecular formula is C13H25NO2. The maximum atomic E-state index is 11.7. The first-order valence-corrected chi connectivity index (χ1v) is 6.55. The zero-order valence-electron chi connectivity index (χ0n) is 10.8. The first-order chi connectivity index (χ1) is 7.65. The zero-order chi connectivity index (χ0) is 12.0. The van der Waals surface area contributed by atoms with E-state index in [1.54, 1.807) is 0 Å². The summed E-state index contributed by atoms with van der Waals surface area (Å²) in [7, 11) is 0. The average Bonchev–Trinajstić information content (AvgIpc) is 2.66. The summed E-state index contributed by atoms with van der Waals surface area (Å²) in [4.78, 5) is 11.7. The van der Waals surface area contributed by atoms with Gasteiger partial charge >= 0.3 is 5.97 Å². The van der Waals surface area contributed by atoms with Gasteiger partial charge in [-0.3, -0.25) is 4.79 Å². The van der Waals surface area contributed by atoms with E-state index in [1.165, 1.54) is 6.42 Å². The van der Waals surface area contributed by atoms with Gasteiger partial charge in [-0.1, -0.05) is 20.3 Å². The molecule has 0 aromatic heterocycles. The largest absolute Gasteiger partial charge is 0.466 e. The van der Waals surface area contributed by atoms with Crippen LogP contribution in [0.3, 0.4) is 0 Å². The Labute approximate surface area is 98.9 Å². The molecule has 0 amide bonds. The van der Waals surface area contributed by atoms with E-state index in [0.29, 0.717) is 12.6 Å². The second-order valence-electron chi connectivity index (χ2n) is 5.03. The number of hydrogen-bond donors (Lipinski definition) is 1. The molecule has 3 nitrogen and oxygen atoms in total. The fourth-order valence-corrected chi connectivity index (χ4v) is 2.29. The Morgan fingerprint density at radius 3 is 2.81 bits per heavy atom. The third-order valence-corrected chi connectivity index (χ3v) is 3.23. The molecule has 1 rings (SSSR count). The van der Waals surface area contributed by atoms with E-state index < -0.39 is 0 Å². The normalized spacial score (nSPS) is 25.0. The summed E-state index contributed by atoms with van der Waals surface area (Å²) in [5.41, 5.74) is 0. The van der Waals surface area contributed by atoms with Crippen molar-refractivity contribution in [3.8, 4) is 0 Å². The van der Waals surface area contributed by atoms with Gasteiger partial charge in [-0.05, 0) is 38.6 Å². The number of esters is 1. The Balaban J connectivity index is 2.31. The standard InChI is InChI=1S/C13H25NO2/c1-4-16-13(15)11-6-5-7-12(11)14-9-8-10(2)3/h10-12,14H,4-9H2,1-3H3. The highest BCUT2D eigenvalue weighted by Crippen LogP contribution is 2.26. The predicted molar refractivity (Wildman–Crippen MR) is 65.2 cm³/mol. The van der Waals surface area contributed by atoms with Crippen LogP contribution < -0.4 is 5.32 Å². The van der Waals surface area contributed by atoms with Gasteiger partial charge in [0.2, 0.25) is 0 Å². The molecule has 3 heteroatoms. The van der Waals surface area contributed by atoms with E-state index in [0.717, 1.165) is 31.7 Å². The molecule has 0 bridgehead atoms. The first kappa shape index (κ1) is 13.5. The van der Waals surface area contributed by atoms with Crippen LogP contribution in [0.1, 0.15) is 46.5 Å². The molecule has 1 saturated carbocycles. The Bertz CT molecular complexity index is 216. The summed E-state index contributed by atoms with van der Waals surface area (Å²) in [6.45, 7) is 7.82. The van der Waals surface area contributed by atoms with Crippen molar-refractivity contribution in [1.82, 2.24) is 5.32 Å². The lowest BCUT2D eigenvalue weighted by molar-refractivity contribution is -0.148. The van der Waals surface area contributed by atoms with E-state index in [2.05, 4.69) is 19.2 Å². The summed E-state index contributed by atoms with van der Waals surface area (Å²) in [5.74, 6) is 0.795. The van der Waals surface area contributed by atoms with Crippen LogP contribution in [-0.2, 0) is 9.53 Å². The summed E-state index contributed by atoms with van der Waals surface area (Å²) >= 11 is 0. The van der Waals surface area contributed by atoms with Gasteiger partial charge in [0.25, 0.3) is 0 Å². The number of hydrogen-bond acceptors (Lipinski definition) is 3. The van der Waals surface area contributed by atoms with Crippen LogP contribution in [0, 0.1) is 11.8 Å². The molecule has 1 aliphatic carbocycles. The summed E-state index contributed by atoms with van der Waals surface area (Å²) < 4.78 is 5.10. The first-order valence-electron chi connectivity index (χ1n) is 6.55. The van der Waals surface area contributed by atoms with Crippen molar-refractivity contribution in [2.24, 2.45) is 11.8 Å². The third-order valence-electron chi connectivity index (χ3n) is 3.23. The van der Waals surface area contributed by atoms with Crippen LogP contribution in [-0.4, -0.2) is 25.2 Å². The van der Waals surface area contributed by atoms with Gasteiger partial charge in [0.05, 0.1) is 12.5 Å². The third kappa shape index (κ3) is 4.12. The van der Waals surface area contributed by atoms with Gasteiger partial charge in [-0.25, -0.2) is 0 Å². The molecule has 0 aliphatic heterocycles. The van der Waals surface area contributed by atoms with Crippen LogP contribution in [0.5, 0.6) is 0 Å². The second-order valence-corrected chi connectivity index (χ2v) is 5.03. The van der Waals surface area contributed by atoms with Crippen molar-refractivity contribution < 1.29 is 9.53 Å². The smallest absolute Gasteiger partial charge is 0.310 e. The lowest BCUT2D eigenvalue weighted by Gasteiger charge is -2.20. The minimum absolute atomic E-state index is 0.0120. The Kier molecular flexibility index (Phi) is 5.81. The number of carbonyl (C=O) groups is 1. The van der Waals surface area contributed by atoms with Crippen molar-refractivity contribution in [2.45, 2.75) is 52.5 Å². The van der Waals surface area contributed by atoms with Gasteiger partial charge in [-0.15, -0.1) is 0 Å². The van der Waals surface area contributed by atoms with Crippen LogP contribution >= 0.6 is 0 Å². The Morgan fingerprint density at radius 1 is 1.44 bits per heavy atom. The van der Waals surface area contributed by atoms with Gasteiger partial charge in [-0.2, -0.15) is 0 Å². The van der Waals surface area contributed by atoms with Crippen LogP contribution in [0.4, 0.5) is 0 Å². The molecule has 0 saturated heterocycles. The van der Waals surface area contributed by atoms with E-state index in [1.807, 2.05) is 6.92 Å². The molecule has 0 aromatic carbocycles. The molecule has 0 radical (unpaired) electrons. The van der Waals surface area contributed by atoms with E-state index >= 15 is 0 Å². The van der Waals surface area contributed by atoms with Gasteiger partial charge in [0.15, 0.2) is 0 Å². The van der Waals surface area contributed by atoms with Crippen LogP contribution in [0.15, 0.2) is 0 Å². The number of rotatable bonds is 6. The van der Waals surface area contributed by atoms with Crippen molar-refractivity contribution in [3.05, 3.63) is 0 Å². The molecule has 94 valence electrons. The van der Waals surface area contributed by atoms with Crippen molar-refractivity contribution in [2.75, 3.05) is 13.2 Å². The highest BCUT2D eigenvalue weighted by Gasteiger charge is 2.33. The molecule has 1 N–H and O–H groups in total. The van der Waals surface area contributed by atoms with Crippen molar-refractivity contribution in [1.29, 1.82) is 0 Å². The van der Waals surface area contributed by atoms with Crippen molar-refractivity contribution in [3.63, 3.8) is 0 Å². The molecule has 0 heterocycles. The molecule has 16 heavy (non-hydrogen) atoms. The maximum absolute atomic E-state index is 11.7. The number of nitrogens with one attached hydrogen (secondary N) is 1. The molecule has 1 fully saturated rings. The average molecular weight is 227 g/mol. The number of ether oxygens (including phenoxy) is 1. The number of carbonyl (C=O) groups excluding carboxylic acids is 1. The molecule has 0 spiro atoms. The molecule has 2 unspecified atom stereocenters. The minimum atomic E-state index is -0.0120. The second kappa shape index (κ2) is 6.89. The van der Waals surface area contributed by atoms with Crippen LogP contribution in [0.25, 0.3) is 0 Å². The Morgan fingerprint density at radius 2 is 2.19 bits per heavy atom.